The first-order chi connectivity index (χ1) is 18.1. The van der Waals surface area contributed by atoms with E-state index < -0.39 is 12.1 Å². The molecule has 8 nitrogen and oxygen atoms in total. The van der Waals surface area contributed by atoms with E-state index in [0.717, 1.165) is 22.3 Å². The van der Waals surface area contributed by atoms with Crippen LogP contribution in [0, 0.1) is 5.82 Å². The Morgan fingerprint density at radius 3 is 1.92 bits per heavy atom. The number of aryl methyl sites for hydroxylation is 1. The zero-order valence-corrected chi connectivity index (χ0v) is 19.8. The van der Waals surface area contributed by atoms with Gasteiger partial charge in [-0.2, -0.15) is 13.2 Å². The molecule has 1 aromatic carbocycles. The molecule has 0 saturated heterocycles. The molecule has 198 valence electrons. The van der Waals surface area contributed by atoms with Crippen LogP contribution in [0.3, 0.4) is 0 Å². The number of carbonyl (C=O) groups excluding carboxylic acids is 1. The Morgan fingerprint density at radius 2 is 1.45 bits per heavy atom. The summed E-state index contributed by atoms with van der Waals surface area (Å²) >= 11 is 0. The lowest BCUT2D eigenvalue weighted by molar-refractivity contribution is -0.192. The molecule has 0 spiro atoms. The number of benzene rings is 1. The second kappa shape index (κ2) is 13.1. The van der Waals surface area contributed by atoms with Crippen molar-refractivity contribution in [3.8, 4) is 11.3 Å². The Balaban J connectivity index is 0.000000505. The Morgan fingerprint density at radius 1 is 0.895 bits per heavy atom. The second-order valence-electron chi connectivity index (χ2n) is 7.96. The molecule has 0 saturated carbocycles. The molecule has 0 bridgehead atoms. The van der Waals surface area contributed by atoms with Crippen LogP contribution >= 0.6 is 0 Å². The van der Waals surface area contributed by atoms with Gasteiger partial charge in [-0.1, -0.05) is 17.3 Å². The summed E-state index contributed by atoms with van der Waals surface area (Å²) < 4.78 is 50.3. The van der Waals surface area contributed by atoms with Crippen molar-refractivity contribution in [2.45, 2.75) is 32.1 Å². The number of hydrogen-bond acceptors (Lipinski definition) is 6. The molecule has 0 radical (unpaired) electrons. The zero-order chi connectivity index (χ0) is 27.5. The number of carbonyl (C=O) groups is 2. The number of carboxylic acid groups (broad SMARTS) is 1. The average molecular weight is 530 g/mol. The topological polar surface area (TPSA) is 109 Å². The van der Waals surface area contributed by atoms with E-state index in [1.54, 1.807) is 48.0 Å². The average Bonchev–Trinajstić information content (AvgIpc) is 3.37. The molecule has 4 aromatic rings. The van der Waals surface area contributed by atoms with Gasteiger partial charge in [0.05, 0.1) is 6.20 Å². The highest BCUT2D eigenvalue weighted by atomic mass is 19.4. The van der Waals surface area contributed by atoms with Crippen molar-refractivity contribution in [1.29, 1.82) is 0 Å². The van der Waals surface area contributed by atoms with Gasteiger partial charge < -0.3 is 14.5 Å². The normalized spacial score (nSPS) is 10.8. The summed E-state index contributed by atoms with van der Waals surface area (Å²) in [6.07, 6.45) is 4.21. The molecule has 1 amide bonds. The number of amides is 1. The smallest absolute Gasteiger partial charge is 0.475 e. The molecule has 3 heterocycles. The Labute approximate surface area is 214 Å². The minimum absolute atomic E-state index is 0.000961. The van der Waals surface area contributed by atoms with Crippen molar-refractivity contribution in [3.63, 3.8) is 0 Å². The van der Waals surface area contributed by atoms with Crippen molar-refractivity contribution in [2.75, 3.05) is 0 Å². The standard InChI is InChI=1S/C24H21FN4O2.C2HF3O2/c25-22-8-5-20(6-9-22)24-21(15-28-31-24)7-10-23(30)29(16-18-3-1-11-26-13-18)17-19-4-2-12-27-14-19;3-2(4,5)1(6)7/h1-6,8-9,11-15H,7,10,16-17H2;(H,6,7). The summed E-state index contributed by atoms with van der Waals surface area (Å²) in [7, 11) is 0. The predicted molar refractivity (Wildman–Crippen MR) is 127 cm³/mol. The maximum absolute atomic E-state index is 13.2. The molecule has 4 rings (SSSR count). The number of aliphatic carboxylic acids is 1. The van der Waals surface area contributed by atoms with Crippen molar-refractivity contribution in [3.05, 3.63) is 102 Å². The predicted octanol–water partition coefficient (Wildman–Crippen LogP) is 5.07. The monoisotopic (exact) mass is 530 g/mol. The fourth-order valence-electron chi connectivity index (χ4n) is 3.33. The van der Waals surface area contributed by atoms with Crippen LogP contribution in [0.2, 0.25) is 0 Å². The van der Waals surface area contributed by atoms with Gasteiger partial charge >= 0.3 is 12.1 Å². The number of rotatable bonds is 8. The van der Waals surface area contributed by atoms with E-state index in [2.05, 4.69) is 15.1 Å². The first-order valence-corrected chi connectivity index (χ1v) is 11.2. The highest BCUT2D eigenvalue weighted by molar-refractivity contribution is 5.77. The van der Waals surface area contributed by atoms with Gasteiger partial charge in [-0.3, -0.25) is 14.8 Å². The fraction of sp³-hybridized carbons (Fsp3) is 0.192. The number of halogens is 4. The van der Waals surface area contributed by atoms with Gasteiger partial charge in [-0.15, -0.1) is 0 Å². The molecule has 12 heteroatoms. The number of pyridine rings is 2. The molecular formula is C26H22F4N4O4. The van der Waals surface area contributed by atoms with Gasteiger partial charge in [0.2, 0.25) is 5.91 Å². The molecule has 0 unspecified atom stereocenters. The van der Waals surface area contributed by atoms with Crippen LogP contribution in [-0.2, 0) is 29.1 Å². The highest BCUT2D eigenvalue weighted by Crippen LogP contribution is 2.25. The van der Waals surface area contributed by atoms with E-state index in [1.807, 2.05) is 24.3 Å². The molecule has 3 aromatic heterocycles. The molecule has 0 atom stereocenters. The van der Waals surface area contributed by atoms with Crippen LogP contribution < -0.4 is 0 Å². The lowest BCUT2D eigenvalue weighted by Gasteiger charge is -2.23. The third kappa shape index (κ3) is 8.50. The molecule has 0 aliphatic heterocycles. The Kier molecular flexibility index (Phi) is 9.63. The van der Waals surface area contributed by atoms with E-state index in [0.29, 0.717) is 25.3 Å². The van der Waals surface area contributed by atoms with Gasteiger partial charge in [0.25, 0.3) is 0 Å². The zero-order valence-electron chi connectivity index (χ0n) is 19.8. The van der Waals surface area contributed by atoms with Crippen LogP contribution in [0.1, 0.15) is 23.1 Å². The maximum atomic E-state index is 13.2. The van der Waals surface area contributed by atoms with E-state index in [4.69, 9.17) is 14.4 Å². The van der Waals surface area contributed by atoms with Crippen molar-refractivity contribution < 1.29 is 36.8 Å². The van der Waals surface area contributed by atoms with Gasteiger partial charge in [0.15, 0.2) is 5.76 Å². The van der Waals surface area contributed by atoms with E-state index in [-0.39, 0.29) is 18.1 Å². The highest BCUT2D eigenvalue weighted by Gasteiger charge is 2.38. The van der Waals surface area contributed by atoms with Crippen LogP contribution in [0.4, 0.5) is 17.6 Å². The molecule has 0 aliphatic carbocycles. The summed E-state index contributed by atoms with van der Waals surface area (Å²) in [5.41, 5.74) is 3.44. The summed E-state index contributed by atoms with van der Waals surface area (Å²) in [6.45, 7) is 0.909. The molecule has 1 N–H and O–H groups in total. The van der Waals surface area contributed by atoms with Crippen LogP contribution in [0.15, 0.2) is 84.0 Å². The van der Waals surface area contributed by atoms with Crippen LogP contribution in [0.5, 0.6) is 0 Å². The molecule has 0 aliphatic rings. The van der Waals surface area contributed by atoms with E-state index >= 15 is 0 Å². The summed E-state index contributed by atoms with van der Waals surface area (Å²) in [5.74, 6) is -2.52. The van der Waals surface area contributed by atoms with Crippen molar-refractivity contribution >= 4 is 11.9 Å². The number of alkyl halides is 3. The Hall–Kier alpha value is -4.61. The second-order valence-corrected chi connectivity index (χ2v) is 7.96. The number of nitrogens with zero attached hydrogens (tertiary/aromatic N) is 4. The lowest BCUT2D eigenvalue weighted by atomic mass is 10.0. The lowest BCUT2D eigenvalue weighted by Crippen LogP contribution is -2.30. The van der Waals surface area contributed by atoms with Gasteiger partial charge in [0, 0.05) is 55.4 Å². The maximum Gasteiger partial charge on any atom is 0.490 e. The molecule has 0 fully saturated rings. The SMILES string of the molecule is O=C(CCc1cnoc1-c1ccc(F)cc1)N(Cc1cccnc1)Cc1cccnc1.O=C(O)C(F)(F)F. The molecule has 38 heavy (non-hydrogen) atoms. The van der Waals surface area contributed by atoms with Crippen molar-refractivity contribution in [2.24, 2.45) is 0 Å². The van der Waals surface area contributed by atoms with Crippen molar-refractivity contribution in [1.82, 2.24) is 20.0 Å². The van der Waals surface area contributed by atoms with E-state index in [1.165, 1.54) is 12.1 Å². The van der Waals surface area contributed by atoms with Gasteiger partial charge in [0.1, 0.15) is 5.82 Å². The number of carboxylic acids is 1. The van der Waals surface area contributed by atoms with Crippen LogP contribution in [-0.4, -0.2) is 43.2 Å². The summed E-state index contributed by atoms with van der Waals surface area (Å²) in [6, 6.07) is 13.6. The first kappa shape index (κ1) is 28.0. The molecular weight excluding hydrogens is 508 g/mol. The minimum Gasteiger partial charge on any atom is -0.475 e. The van der Waals surface area contributed by atoms with E-state index in [9.17, 15) is 22.4 Å². The summed E-state index contributed by atoms with van der Waals surface area (Å²) in [5, 5.41) is 11.0. The van der Waals surface area contributed by atoms with Gasteiger partial charge in [-0.05, 0) is 53.9 Å². The number of aromatic nitrogens is 3. The fourth-order valence-corrected chi connectivity index (χ4v) is 3.33. The Bertz CT molecular complexity index is 1270. The largest absolute Gasteiger partial charge is 0.490 e. The number of hydrogen-bond donors (Lipinski definition) is 1. The van der Waals surface area contributed by atoms with Crippen LogP contribution in [0.25, 0.3) is 11.3 Å². The minimum atomic E-state index is -5.08. The first-order valence-electron chi connectivity index (χ1n) is 11.2. The third-order valence-corrected chi connectivity index (χ3v) is 5.15. The quantitative estimate of drug-likeness (QED) is 0.317. The third-order valence-electron chi connectivity index (χ3n) is 5.15. The summed E-state index contributed by atoms with van der Waals surface area (Å²) in [4.78, 5) is 32.1. The van der Waals surface area contributed by atoms with Gasteiger partial charge in [-0.25, -0.2) is 9.18 Å².